The molecule has 0 aromatic heterocycles. The van der Waals surface area contributed by atoms with Gasteiger partial charge >= 0.3 is 0 Å². The van der Waals surface area contributed by atoms with E-state index in [1.807, 2.05) is 0 Å². The van der Waals surface area contributed by atoms with Crippen LogP contribution >= 0.6 is 0 Å². The molecule has 0 bridgehead atoms. The Morgan fingerprint density at radius 2 is 0.812 bits per heavy atom. The highest BCUT2D eigenvalue weighted by molar-refractivity contribution is 4.48. The number of hydrogen-bond donors (Lipinski definition) is 2. The maximum Gasteiger partial charge on any atom is 0.101 e. The van der Waals surface area contributed by atoms with Gasteiger partial charge in [-0.25, -0.2) is 0 Å². The van der Waals surface area contributed by atoms with Crippen LogP contribution in [0, 0.1) is 0 Å². The van der Waals surface area contributed by atoms with E-state index in [9.17, 15) is 0 Å². The minimum absolute atomic E-state index is 0.341. The summed E-state index contributed by atoms with van der Waals surface area (Å²) in [5, 5.41) is 17.6. The first-order valence-electron chi connectivity index (χ1n) is 4.94. The van der Waals surface area contributed by atoms with Gasteiger partial charge in [0.25, 0.3) is 0 Å². The van der Waals surface area contributed by atoms with Crippen molar-refractivity contribution < 1.29 is 29.2 Å². The maximum absolute atomic E-state index is 8.80. The van der Waals surface area contributed by atoms with Crippen LogP contribution in [0.25, 0.3) is 0 Å². The van der Waals surface area contributed by atoms with Crippen molar-refractivity contribution in [3.05, 3.63) is 0 Å². The summed E-state index contributed by atoms with van der Waals surface area (Å²) >= 11 is 0. The number of hydrogen-bond acceptors (Lipinski definition) is 6. The van der Waals surface area contributed by atoms with Crippen LogP contribution < -0.4 is 0 Å². The minimum atomic E-state index is -0.481. The Balaban J connectivity index is 0. The summed E-state index contributed by atoms with van der Waals surface area (Å²) in [6.07, 6.45) is -0.963. The van der Waals surface area contributed by atoms with Crippen molar-refractivity contribution >= 4 is 0 Å². The summed E-state index contributed by atoms with van der Waals surface area (Å²) in [7, 11) is 6.16. The quantitative estimate of drug-likeness (QED) is 0.583. The van der Waals surface area contributed by atoms with E-state index in [1.54, 1.807) is 28.4 Å². The number of ether oxygens (including phenoxy) is 4. The largest absolute Gasteiger partial charge is 0.388 e. The molecule has 0 spiro atoms. The lowest BCUT2D eigenvalue weighted by Gasteiger charge is -2.05. The molecule has 0 heterocycles. The van der Waals surface area contributed by atoms with Gasteiger partial charge in [-0.3, -0.25) is 0 Å². The molecule has 2 N–H and O–H groups in total. The van der Waals surface area contributed by atoms with Gasteiger partial charge in [-0.1, -0.05) is 0 Å². The van der Waals surface area contributed by atoms with E-state index < -0.39 is 12.2 Å². The van der Waals surface area contributed by atoms with Crippen LogP contribution in [0.15, 0.2) is 0 Å². The molecule has 0 atom stereocenters. The molecule has 0 radical (unpaired) electrons. The molecule has 6 nitrogen and oxygen atoms in total. The lowest BCUT2D eigenvalue weighted by Crippen LogP contribution is -2.19. The van der Waals surface area contributed by atoms with E-state index in [4.69, 9.17) is 10.2 Å². The fraction of sp³-hybridized carbons (Fsp3) is 1.00. The predicted molar refractivity (Wildman–Crippen MR) is 59.5 cm³/mol. The zero-order valence-corrected chi connectivity index (χ0v) is 10.5. The van der Waals surface area contributed by atoms with Crippen LogP contribution in [-0.2, 0) is 18.9 Å². The van der Waals surface area contributed by atoms with Crippen LogP contribution in [-0.4, -0.2) is 77.3 Å². The Hall–Kier alpha value is -0.240. The summed E-state index contributed by atoms with van der Waals surface area (Å²) in [6, 6.07) is 0. The second-order valence-electron chi connectivity index (χ2n) is 3.13. The van der Waals surface area contributed by atoms with Gasteiger partial charge in [0.2, 0.25) is 0 Å². The molecule has 0 aromatic carbocycles. The van der Waals surface area contributed by atoms with Crippen LogP contribution in [0.3, 0.4) is 0 Å². The summed E-state index contributed by atoms with van der Waals surface area (Å²) in [5.74, 6) is 0. The number of methoxy groups -OCH3 is 4. The van der Waals surface area contributed by atoms with Crippen molar-refractivity contribution in [3.63, 3.8) is 0 Å². The first-order chi connectivity index (χ1) is 7.62. The van der Waals surface area contributed by atoms with Crippen molar-refractivity contribution in [1.82, 2.24) is 0 Å². The average Bonchev–Trinajstić information content (AvgIpc) is 2.20. The topological polar surface area (TPSA) is 77.4 Å². The van der Waals surface area contributed by atoms with E-state index in [0.29, 0.717) is 26.4 Å². The lowest BCUT2D eigenvalue weighted by atomic mass is 10.4. The van der Waals surface area contributed by atoms with Gasteiger partial charge in [-0.15, -0.1) is 0 Å². The van der Waals surface area contributed by atoms with E-state index >= 15 is 0 Å². The molecule has 0 aliphatic heterocycles. The molecule has 6 heteroatoms. The van der Waals surface area contributed by atoms with Gasteiger partial charge in [0.15, 0.2) is 0 Å². The smallest absolute Gasteiger partial charge is 0.101 e. The number of aliphatic hydroxyl groups excluding tert-OH is 2. The highest BCUT2D eigenvalue weighted by Gasteiger charge is 1.99. The zero-order valence-electron chi connectivity index (χ0n) is 10.5. The molecule has 0 aliphatic carbocycles. The maximum atomic E-state index is 8.80. The molecule has 0 saturated carbocycles. The fourth-order valence-corrected chi connectivity index (χ4v) is 0.866. The highest BCUT2D eigenvalue weighted by Crippen LogP contribution is 1.82. The van der Waals surface area contributed by atoms with Gasteiger partial charge < -0.3 is 29.2 Å². The first-order valence-corrected chi connectivity index (χ1v) is 4.94. The van der Waals surface area contributed by atoms with Crippen molar-refractivity contribution in [2.24, 2.45) is 0 Å². The Labute approximate surface area is 97.1 Å². The zero-order chi connectivity index (χ0) is 12.8. The second kappa shape index (κ2) is 14.8. The fourth-order valence-electron chi connectivity index (χ4n) is 0.866. The van der Waals surface area contributed by atoms with Crippen molar-refractivity contribution in [2.75, 3.05) is 54.9 Å². The number of aliphatic hydroxyl groups is 2. The Morgan fingerprint density at radius 1 is 0.625 bits per heavy atom. The van der Waals surface area contributed by atoms with Crippen LogP contribution in [0.5, 0.6) is 0 Å². The van der Waals surface area contributed by atoms with Crippen molar-refractivity contribution in [1.29, 1.82) is 0 Å². The van der Waals surface area contributed by atoms with E-state index in [-0.39, 0.29) is 0 Å². The second-order valence-corrected chi connectivity index (χ2v) is 3.13. The van der Waals surface area contributed by atoms with Gasteiger partial charge in [-0.05, 0) is 0 Å². The van der Waals surface area contributed by atoms with Crippen LogP contribution in [0.2, 0.25) is 0 Å². The molecule has 100 valence electrons. The van der Waals surface area contributed by atoms with Crippen molar-refractivity contribution in [2.45, 2.75) is 12.2 Å². The average molecular weight is 240 g/mol. The van der Waals surface area contributed by atoms with Gasteiger partial charge in [0.1, 0.15) is 12.2 Å². The molecule has 0 rings (SSSR count). The Kier molecular flexibility index (Phi) is 16.7. The van der Waals surface area contributed by atoms with E-state index in [0.717, 1.165) is 0 Å². The predicted octanol–water partition coefficient (Wildman–Crippen LogP) is -0.720. The third kappa shape index (κ3) is 16.2. The molecular weight excluding hydrogens is 216 g/mol. The van der Waals surface area contributed by atoms with E-state index in [2.05, 4.69) is 18.9 Å². The molecule has 0 aliphatic rings. The monoisotopic (exact) mass is 240 g/mol. The third-order valence-electron chi connectivity index (χ3n) is 1.44. The van der Waals surface area contributed by atoms with Gasteiger partial charge in [0, 0.05) is 28.4 Å². The highest BCUT2D eigenvalue weighted by atomic mass is 16.5. The molecule has 0 amide bonds. The standard InChI is InChI=1S/2C5H12O3/c2*1-7-3-5(6)4-8-2/h2*5-6H,3-4H2,1-2H3. The first kappa shape index (κ1) is 18.1. The summed E-state index contributed by atoms with van der Waals surface area (Å²) in [6.45, 7) is 1.36. The summed E-state index contributed by atoms with van der Waals surface area (Å²) in [4.78, 5) is 0. The third-order valence-corrected chi connectivity index (χ3v) is 1.44. The van der Waals surface area contributed by atoms with Crippen molar-refractivity contribution in [3.8, 4) is 0 Å². The van der Waals surface area contributed by atoms with Gasteiger partial charge in [0.05, 0.1) is 26.4 Å². The minimum Gasteiger partial charge on any atom is -0.388 e. The van der Waals surface area contributed by atoms with E-state index in [1.165, 1.54) is 0 Å². The Morgan fingerprint density at radius 3 is 0.938 bits per heavy atom. The Bertz CT molecular complexity index is 95.9. The SMILES string of the molecule is COCC(O)COC.COCC(O)COC. The van der Waals surface area contributed by atoms with Gasteiger partial charge in [-0.2, -0.15) is 0 Å². The summed E-state index contributed by atoms with van der Waals surface area (Å²) in [5.41, 5.74) is 0. The normalized spacial score (nSPS) is 10.5. The van der Waals surface area contributed by atoms with Crippen LogP contribution in [0.4, 0.5) is 0 Å². The molecular formula is C10H24O6. The van der Waals surface area contributed by atoms with Crippen LogP contribution in [0.1, 0.15) is 0 Å². The summed E-state index contributed by atoms with van der Waals surface area (Å²) < 4.78 is 18.5. The molecule has 0 unspecified atom stereocenters. The lowest BCUT2D eigenvalue weighted by molar-refractivity contribution is 0.00977. The molecule has 16 heavy (non-hydrogen) atoms. The molecule has 0 saturated heterocycles. The number of rotatable bonds is 8. The molecule has 0 aromatic rings. The molecule has 0 fully saturated rings.